The largest absolute Gasteiger partial charge is 0.274 e. The van der Waals surface area contributed by atoms with Gasteiger partial charge in [0.2, 0.25) is 0 Å². The van der Waals surface area contributed by atoms with E-state index in [1.54, 1.807) is 24.3 Å². The van der Waals surface area contributed by atoms with Crippen molar-refractivity contribution >= 4 is 35.0 Å². The van der Waals surface area contributed by atoms with Crippen LogP contribution >= 0.6 is 11.6 Å². The molecule has 2 atom stereocenters. The molecule has 1 aliphatic heterocycles. The number of rotatable bonds is 5. The van der Waals surface area contributed by atoms with Crippen molar-refractivity contribution in [3.8, 4) is 0 Å². The van der Waals surface area contributed by atoms with Gasteiger partial charge in [-0.25, -0.2) is 5.01 Å². The molecule has 0 aromatic heterocycles. The number of benzene rings is 4. The molecule has 0 spiro atoms. The molecule has 202 valence electrons. The van der Waals surface area contributed by atoms with Crippen LogP contribution in [0.4, 0.5) is 5.69 Å². The molecule has 1 fully saturated rings. The second kappa shape index (κ2) is 9.38. The number of hydrogen-bond donors (Lipinski definition) is 0. The summed E-state index contributed by atoms with van der Waals surface area (Å²) in [4.78, 5) is 54.1. The Morgan fingerprint density at radius 3 is 1.73 bits per heavy atom. The number of hydrazine groups is 1. The van der Waals surface area contributed by atoms with Crippen LogP contribution < -0.4 is 0 Å². The highest BCUT2D eigenvalue weighted by Crippen LogP contribution is 2.61. The predicted molar refractivity (Wildman–Crippen MR) is 150 cm³/mol. The van der Waals surface area contributed by atoms with Crippen LogP contribution in [0.25, 0.3) is 0 Å². The van der Waals surface area contributed by atoms with Crippen LogP contribution in [0.3, 0.4) is 0 Å². The number of nitro benzene ring substituents is 1. The van der Waals surface area contributed by atoms with Gasteiger partial charge in [0.25, 0.3) is 23.4 Å². The zero-order valence-corrected chi connectivity index (χ0v) is 22.3. The molecule has 3 aliphatic carbocycles. The average Bonchev–Trinajstić information content (AvgIpc) is 3.26. The summed E-state index contributed by atoms with van der Waals surface area (Å²) in [6.45, 7) is -0.368. The minimum absolute atomic E-state index is 0.0813. The van der Waals surface area contributed by atoms with E-state index in [0.29, 0.717) is 0 Å². The Hall–Kier alpha value is -4.82. The number of amides is 3. The molecule has 0 unspecified atom stereocenters. The molecule has 8 nitrogen and oxygen atoms in total. The molecule has 2 bridgehead atoms. The Morgan fingerprint density at radius 2 is 1.22 bits per heavy atom. The van der Waals surface area contributed by atoms with Crippen molar-refractivity contribution in [1.29, 1.82) is 0 Å². The van der Waals surface area contributed by atoms with Crippen LogP contribution in [0.1, 0.15) is 50.0 Å². The van der Waals surface area contributed by atoms with Crippen LogP contribution in [0.5, 0.6) is 0 Å². The third-order valence-corrected chi connectivity index (χ3v) is 8.84. The highest BCUT2D eigenvalue weighted by atomic mass is 35.5. The lowest BCUT2D eigenvalue weighted by Gasteiger charge is -2.45. The van der Waals surface area contributed by atoms with Crippen molar-refractivity contribution in [3.63, 3.8) is 0 Å². The van der Waals surface area contributed by atoms with Gasteiger partial charge in [-0.05, 0) is 34.4 Å². The van der Waals surface area contributed by atoms with Gasteiger partial charge in [0.05, 0.1) is 39.5 Å². The molecule has 4 aromatic rings. The topological polar surface area (TPSA) is 101 Å². The minimum Gasteiger partial charge on any atom is -0.272 e. The van der Waals surface area contributed by atoms with Gasteiger partial charge < -0.3 is 0 Å². The van der Waals surface area contributed by atoms with Gasteiger partial charge in [0, 0.05) is 17.9 Å². The predicted octanol–water partition coefficient (Wildman–Crippen LogP) is 5.70. The molecule has 1 heterocycles. The summed E-state index contributed by atoms with van der Waals surface area (Å²) in [7, 11) is 0. The van der Waals surface area contributed by atoms with Crippen LogP contribution in [-0.4, -0.2) is 32.7 Å². The zero-order valence-electron chi connectivity index (χ0n) is 21.5. The molecule has 8 rings (SSSR count). The third kappa shape index (κ3) is 3.64. The molecule has 0 radical (unpaired) electrons. The molecule has 0 N–H and O–H groups in total. The van der Waals surface area contributed by atoms with Crippen molar-refractivity contribution in [3.05, 3.63) is 146 Å². The number of halogens is 1. The zero-order chi connectivity index (χ0) is 28.4. The van der Waals surface area contributed by atoms with Crippen molar-refractivity contribution in [2.45, 2.75) is 18.4 Å². The fourth-order valence-corrected chi connectivity index (χ4v) is 7.11. The lowest BCUT2D eigenvalue weighted by Crippen LogP contribution is -2.50. The minimum atomic E-state index is -0.718. The van der Waals surface area contributed by atoms with E-state index in [9.17, 15) is 24.5 Å². The average molecular weight is 564 g/mol. The van der Waals surface area contributed by atoms with Gasteiger partial charge in [0.1, 0.15) is 0 Å². The molecule has 1 saturated heterocycles. The number of nitrogens with zero attached hydrogens (tertiary/aromatic N) is 3. The Morgan fingerprint density at radius 1 is 0.756 bits per heavy atom. The van der Waals surface area contributed by atoms with Crippen molar-refractivity contribution in [2.24, 2.45) is 11.8 Å². The third-order valence-electron chi connectivity index (χ3n) is 8.51. The van der Waals surface area contributed by atoms with E-state index in [2.05, 4.69) is 0 Å². The first kappa shape index (κ1) is 25.2. The van der Waals surface area contributed by atoms with E-state index in [1.807, 2.05) is 48.5 Å². The van der Waals surface area contributed by atoms with Crippen LogP contribution in [0.15, 0.2) is 97.1 Å². The molecular formula is C32H22ClN3O5. The summed E-state index contributed by atoms with van der Waals surface area (Å²) in [5, 5.41) is 13.9. The van der Waals surface area contributed by atoms with Crippen molar-refractivity contribution in [1.82, 2.24) is 10.0 Å². The number of nitro groups is 1. The quantitative estimate of drug-likeness (QED) is 0.176. The summed E-state index contributed by atoms with van der Waals surface area (Å²) in [6, 6.07) is 28.0. The molecule has 9 heteroatoms. The van der Waals surface area contributed by atoms with Crippen molar-refractivity contribution in [2.75, 3.05) is 0 Å². The summed E-state index contributed by atoms with van der Waals surface area (Å²) in [5.74, 6) is -3.86. The second-order valence-corrected chi connectivity index (χ2v) is 10.9. The van der Waals surface area contributed by atoms with E-state index in [0.717, 1.165) is 32.3 Å². The van der Waals surface area contributed by atoms with Crippen molar-refractivity contribution < 1.29 is 19.3 Å². The summed E-state index contributed by atoms with van der Waals surface area (Å²) in [6.07, 6.45) is 0. The van der Waals surface area contributed by atoms with E-state index < -0.39 is 34.5 Å². The number of carbonyl (C=O) groups is 3. The normalized spacial score (nSPS) is 21.7. The molecular weight excluding hydrogens is 542 g/mol. The number of carbonyl (C=O) groups excluding carboxylic acids is 3. The Kier molecular flexibility index (Phi) is 5.76. The highest BCUT2D eigenvalue weighted by Gasteiger charge is 2.63. The standard InChI is InChI=1S/C32H22ClN3O5/c33-24-15-7-6-14-23(24)30(37)34(17-18-9-1-8-16-25(18)36(40)41)35-31(38)28-26-19-10-2-3-11-20(19)27(29(28)32(35)39)22-13-5-4-12-21(22)26/h1-16,26-29H,17H2/t26?,27?,28-,29-/m1/s1. The summed E-state index contributed by atoms with van der Waals surface area (Å²) < 4.78 is 0. The summed E-state index contributed by atoms with van der Waals surface area (Å²) in [5.41, 5.74) is 4.05. The summed E-state index contributed by atoms with van der Waals surface area (Å²) >= 11 is 6.38. The maximum Gasteiger partial charge on any atom is 0.274 e. The Bertz CT molecular complexity index is 1670. The maximum absolute atomic E-state index is 14.4. The lowest BCUT2D eigenvalue weighted by molar-refractivity contribution is -0.385. The maximum atomic E-state index is 14.4. The van der Waals surface area contributed by atoms with Gasteiger partial charge in [-0.2, -0.15) is 5.01 Å². The molecule has 3 amide bonds. The first-order valence-electron chi connectivity index (χ1n) is 13.2. The van der Waals surface area contributed by atoms with E-state index >= 15 is 0 Å². The van der Waals surface area contributed by atoms with Crippen LogP contribution in [0, 0.1) is 22.0 Å². The first-order chi connectivity index (χ1) is 19.9. The SMILES string of the molecule is O=C(c1ccccc1Cl)N(Cc1ccccc1[N+](=O)[O-])N1C(=O)[C@@H]2C3c4ccccc4C(c4ccccc43)[C@H]2C1=O. The second-order valence-electron chi connectivity index (χ2n) is 10.5. The van der Waals surface area contributed by atoms with Gasteiger partial charge in [-0.1, -0.05) is 90.5 Å². The molecule has 41 heavy (non-hydrogen) atoms. The van der Waals surface area contributed by atoms with E-state index in [4.69, 9.17) is 11.6 Å². The van der Waals surface area contributed by atoms with Gasteiger partial charge >= 0.3 is 0 Å². The van der Waals surface area contributed by atoms with Gasteiger partial charge in [0.15, 0.2) is 0 Å². The number of hydrogen-bond acceptors (Lipinski definition) is 5. The first-order valence-corrected chi connectivity index (χ1v) is 13.6. The van der Waals surface area contributed by atoms with E-state index in [-0.39, 0.29) is 40.2 Å². The van der Waals surface area contributed by atoms with Gasteiger partial charge in [-0.15, -0.1) is 0 Å². The van der Waals surface area contributed by atoms with Crippen LogP contribution in [0.2, 0.25) is 5.02 Å². The van der Waals surface area contributed by atoms with E-state index in [1.165, 1.54) is 24.3 Å². The molecule has 0 saturated carbocycles. The fourth-order valence-electron chi connectivity index (χ4n) is 6.89. The molecule has 4 aromatic carbocycles. The Balaban J connectivity index is 1.38. The smallest absolute Gasteiger partial charge is 0.272 e. The number of para-hydroxylation sites is 1. The highest BCUT2D eigenvalue weighted by molar-refractivity contribution is 6.33. The van der Waals surface area contributed by atoms with Gasteiger partial charge in [-0.3, -0.25) is 24.5 Å². The lowest BCUT2D eigenvalue weighted by atomic mass is 9.55. The molecule has 4 aliphatic rings. The Labute approximate surface area is 239 Å². The van der Waals surface area contributed by atoms with Crippen LogP contribution in [-0.2, 0) is 16.1 Å². The fraction of sp³-hybridized carbons (Fsp3) is 0.156. The number of imide groups is 1. The monoisotopic (exact) mass is 563 g/mol.